The van der Waals surface area contributed by atoms with Crippen molar-refractivity contribution in [3.8, 4) is 0 Å². The number of halogens is 1. The molecule has 1 aliphatic rings. The molecule has 0 atom stereocenters. The first kappa shape index (κ1) is 48.6. The zero-order chi connectivity index (χ0) is 43.8. The molecule has 0 aromatic heterocycles. The van der Waals surface area contributed by atoms with Gasteiger partial charge in [-0.15, -0.1) is 0 Å². The fraction of sp³-hybridized carbons (Fsp3) is 0.641. The number of hydrogen-bond acceptors (Lipinski definition) is 10. The topological polar surface area (TPSA) is 179 Å². The Morgan fingerprint density at radius 2 is 1.26 bits per heavy atom. The normalized spacial score (nSPS) is 16.3. The maximum atomic E-state index is 14.0. The number of nitrogens with zero attached hydrogens (tertiary/aromatic N) is 1. The largest absolute Gasteiger partial charge is 0.496 e. The van der Waals surface area contributed by atoms with Crippen molar-refractivity contribution in [3.05, 3.63) is 52.0 Å². The zero-order valence-electron chi connectivity index (χ0n) is 36.1. The Morgan fingerprint density at radius 1 is 0.754 bits per heavy atom. The Bertz CT molecular complexity index is 2000. The smallest absolute Gasteiger partial charge is 0.444 e. The Kier molecular flexibility index (Phi) is 14.6. The van der Waals surface area contributed by atoms with Gasteiger partial charge >= 0.3 is 19.3 Å². The molecule has 2 aromatic carbocycles. The van der Waals surface area contributed by atoms with E-state index in [1.165, 1.54) is 17.0 Å². The van der Waals surface area contributed by atoms with Crippen LogP contribution >= 0.6 is 15.9 Å². The molecule has 2 amide bonds. The summed E-state index contributed by atoms with van der Waals surface area (Å²) in [6.45, 7) is 26.6. The molecule has 0 bridgehead atoms. The highest BCUT2D eigenvalue weighted by atomic mass is 79.9. The van der Waals surface area contributed by atoms with E-state index in [0.717, 1.165) is 0 Å². The van der Waals surface area contributed by atoms with Crippen molar-refractivity contribution in [2.75, 3.05) is 6.54 Å². The van der Waals surface area contributed by atoms with E-state index in [4.69, 9.17) is 18.8 Å². The highest BCUT2D eigenvalue weighted by Gasteiger charge is 2.53. The lowest BCUT2D eigenvalue weighted by molar-refractivity contribution is 0.00578. The zero-order valence-corrected chi connectivity index (χ0v) is 39.3. The maximum Gasteiger partial charge on any atom is 0.496 e. The summed E-state index contributed by atoms with van der Waals surface area (Å²) in [6, 6.07) is 9.57. The quantitative estimate of drug-likeness (QED) is 0.183. The fourth-order valence-electron chi connectivity index (χ4n) is 5.55. The Morgan fingerprint density at radius 3 is 1.79 bits per heavy atom. The third-order valence-corrected chi connectivity index (χ3v) is 13.4. The monoisotopic (exact) mass is 900 g/mol. The average Bonchev–Trinajstić information content (AvgIpc) is 3.21. The van der Waals surface area contributed by atoms with Crippen LogP contribution in [0.5, 0.6) is 0 Å². The van der Waals surface area contributed by atoms with Crippen molar-refractivity contribution in [2.24, 2.45) is 0 Å². The molecular weight excluding hydrogens is 839 g/mol. The van der Waals surface area contributed by atoms with Crippen molar-refractivity contribution in [1.82, 2.24) is 19.7 Å². The van der Waals surface area contributed by atoms with Crippen LogP contribution in [0.1, 0.15) is 121 Å². The van der Waals surface area contributed by atoms with E-state index in [2.05, 4.69) is 30.7 Å². The number of amides is 2. The van der Waals surface area contributed by atoms with Gasteiger partial charge in [0, 0.05) is 40.6 Å². The number of alkyl carbamates (subject to hydrolysis) is 1. The average molecular weight is 902 g/mol. The predicted molar refractivity (Wildman–Crippen MR) is 225 cm³/mol. The number of carbonyl (C=O) groups is 2. The minimum atomic E-state index is -4.13. The van der Waals surface area contributed by atoms with Crippen molar-refractivity contribution in [2.45, 2.75) is 167 Å². The van der Waals surface area contributed by atoms with E-state index < -0.39 is 72.8 Å². The molecule has 3 rings (SSSR count). The highest BCUT2D eigenvalue weighted by Crippen LogP contribution is 2.37. The van der Waals surface area contributed by atoms with Crippen molar-refractivity contribution >= 4 is 60.7 Å². The van der Waals surface area contributed by atoms with Crippen molar-refractivity contribution in [3.63, 3.8) is 0 Å². The van der Waals surface area contributed by atoms with Crippen LogP contribution in [0.2, 0.25) is 0 Å². The number of benzene rings is 2. The van der Waals surface area contributed by atoms with E-state index in [1.54, 1.807) is 100 Å². The number of carbonyl (C=O) groups excluding carboxylic acids is 2. The van der Waals surface area contributed by atoms with Crippen LogP contribution in [0.4, 0.5) is 9.59 Å². The van der Waals surface area contributed by atoms with Crippen LogP contribution in [0.3, 0.4) is 0 Å². The summed E-state index contributed by atoms with van der Waals surface area (Å²) in [5.41, 5.74) is -3.58. The Hall–Kier alpha value is -2.74. The predicted octanol–water partition coefficient (Wildman–Crippen LogP) is 6.73. The molecule has 0 aliphatic carbocycles. The number of sulfonamides is 2. The van der Waals surface area contributed by atoms with Crippen molar-refractivity contribution in [1.29, 1.82) is 0 Å². The molecule has 320 valence electrons. The molecule has 1 saturated heterocycles. The van der Waals surface area contributed by atoms with Crippen LogP contribution in [-0.4, -0.2) is 81.1 Å². The van der Waals surface area contributed by atoms with Crippen LogP contribution in [-0.2, 0) is 51.9 Å². The standard InChI is InChI=1S/C39H62BBrN4O10S2/c1-34(2,3)43-56(48,49)30-23-27(16-18-28(30)40-54-38(12,13)39(14,15)55-40)25-45(33(47)53-36(7,8)9)21-20-37(10,11)44-57(50,51)31-22-26(17-19-29(31)41)24-42-32(46)52-35(4,5)6/h16-19,22-23,43-44H,20-21,24-25H2,1-15H3,(H,42,46). The lowest BCUT2D eigenvalue weighted by atomic mass is 9.78. The third-order valence-electron chi connectivity index (χ3n) is 8.88. The minimum absolute atomic E-state index is 0.0336. The molecule has 0 unspecified atom stereocenters. The van der Waals surface area contributed by atoms with Crippen LogP contribution in [0.25, 0.3) is 0 Å². The van der Waals surface area contributed by atoms with Gasteiger partial charge in [0.05, 0.1) is 21.0 Å². The highest BCUT2D eigenvalue weighted by molar-refractivity contribution is 9.10. The molecule has 2 aromatic rings. The number of hydrogen-bond donors (Lipinski definition) is 3. The summed E-state index contributed by atoms with van der Waals surface area (Å²) in [6.07, 6.45) is -1.16. The van der Waals surface area contributed by atoms with Crippen molar-refractivity contribution < 1.29 is 45.2 Å². The molecule has 1 aliphatic heterocycles. The molecule has 0 saturated carbocycles. The molecule has 57 heavy (non-hydrogen) atoms. The maximum absolute atomic E-state index is 14.0. The molecule has 14 nitrogen and oxygen atoms in total. The van der Waals surface area contributed by atoms with E-state index in [1.807, 2.05) is 27.7 Å². The van der Waals surface area contributed by atoms with E-state index >= 15 is 0 Å². The van der Waals surface area contributed by atoms with Gasteiger partial charge in [0.15, 0.2) is 0 Å². The summed E-state index contributed by atoms with van der Waals surface area (Å²) < 4.78 is 84.9. The van der Waals surface area contributed by atoms with Gasteiger partial charge in [-0.1, -0.05) is 18.2 Å². The van der Waals surface area contributed by atoms with E-state index in [9.17, 15) is 26.4 Å². The lowest BCUT2D eigenvalue weighted by Crippen LogP contribution is -2.47. The van der Waals surface area contributed by atoms with Gasteiger partial charge in [-0.25, -0.2) is 35.9 Å². The summed E-state index contributed by atoms with van der Waals surface area (Å²) in [4.78, 5) is 27.2. The summed E-state index contributed by atoms with van der Waals surface area (Å²) >= 11 is 3.35. The molecular formula is C39H62BBrN4O10S2. The van der Waals surface area contributed by atoms with E-state index in [0.29, 0.717) is 21.1 Å². The van der Waals surface area contributed by atoms with Crippen LogP contribution in [0, 0.1) is 0 Å². The molecule has 3 N–H and O–H groups in total. The van der Waals surface area contributed by atoms with Gasteiger partial charge in [-0.3, -0.25) is 0 Å². The molecule has 0 spiro atoms. The van der Waals surface area contributed by atoms with Gasteiger partial charge in [0.1, 0.15) is 11.2 Å². The fourth-order valence-corrected chi connectivity index (χ4v) is 9.70. The number of nitrogens with one attached hydrogen (secondary N) is 3. The van der Waals surface area contributed by atoms with Gasteiger partial charge < -0.3 is 29.0 Å². The van der Waals surface area contributed by atoms with E-state index in [-0.39, 0.29) is 35.8 Å². The first-order chi connectivity index (χ1) is 25.5. The Balaban J connectivity index is 1.93. The molecule has 1 fully saturated rings. The first-order valence-electron chi connectivity index (χ1n) is 18.8. The summed E-state index contributed by atoms with van der Waals surface area (Å²) in [5.74, 6) is 0. The SMILES string of the molecule is CC(C)(C)NS(=O)(=O)c1cc(CN(CCC(C)(C)NS(=O)(=O)c2cc(CNC(=O)OC(C)(C)C)ccc2Br)C(=O)OC(C)(C)C)ccc1B1OC(C)(C)C(C)(C)O1. The summed E-state index contributed by atoms with van der Waals surface area (Å²) in [7, 11) is -9.24. The van der Waals surface area contributed by atoms with Gasteiger partial charge in [0.25, 0.3) is 0 Å². The second-order valence-electron chi connectivity index (χ2n) is 19.1. The Labute approximate surface area is 349 Å². The molecule has 1 heterocycles. The van der Waals surface area contributed by atoms with Crippen LogP contribution < -0.4 is 20.2 Å². The second kappa shape index (κ2) is 17.1. The summed E-state index contributed by atoms with van der Waals surface area (Å²) in [5, 5.41) is 2.64. The van der Waals surface area contributed by atoms with Gasteiger partial charge in [0.2, 0.25) is 20.0 Å². The number of ether oxygens (including phenoxy) is 2. The minimum Gasteiger partial charge on any atom is -0.444 e. The third kappa shape index (κ3) is 14.2. The van der Waals surface area contributed by atoms with Gasteiger partial charge in [-0.2, -0.15) is 0 Å². The first-order valence-corrected chi connectivity index (χ1v) is 22.6. The lowest BCUT2D eigenvalue weighted by Gasteiger charge is -2.32. The molecule has 0 radical (unpaired) electrons. The second-order valence-corrected chi connectivity index (χ2v) is 23.2. The van der Waals surface area contributed by atoms with Crippen LogP contribution in [0.15, 0.2) is 50.7 Å². The van der Waals surface area contributed by atoms with Gasteiger partial charge in [-0.05, 0) is 156 Å². The molecule has 18 heteroatoms. The number of rotatable bonds is 13.